The number of nitrogens with zero attached hydrogens (tertiary/aromatic N) is 1. The monoisotopic (exact) mass is 673 g/mol. The van der Waals surface area contributed by atoms with Crippen molar-refractivity contribution in [1.29, 1.82) is 0 Å². The molecule has 8 aromatic carbocycles. The molecule has 11 aromatic rings. The van der Waals surface area contributed by atoms with E-state index in [4.69, 9.17) is 4.42 Å². The first-order chi connectivity index (χ1) is 24.8. The third kappa shape index (κ3) is 4.13. The maximum absolute atomic E-state index is 6.43. The molecule has 0 atom stereocenters. The van der Waals surface area contributed by atoms with Crippen LogP contribution in [0.5, 0.6) is 0 Å². The lowest BCUT2D eigenvalue weighted by atomic mass is 9.98. The van der Waals surface area contributed by atoms with Crippen LogP contribution in [-0.2, 0) is 0 Å². The zero-order valence-corrected chi connectivity index (χ0v) is 28.4. The zero-order valence-electron chi connectivity index (χ0n) is 26.8. The molecule has 11 rings (SSSR count). The summed E-state index contributed by atoms with van der Waals surface area (Å²) in [5.74, 6) is 0. The third-order valence-electron chi connectivity index (χ3n) is 10.1. The highest BCUT2D eigenvalue weighted by atomic mass is 32.1. The van der Waals surface area contributed by atoms with Crippen LogP contribution in [-0.4, -0.2) is 0 Å². The Morgan fingerprint density at radius 1 is 0.420 bits per heavy atom. The lowest BCUT2D eigenvalue weighted by Crippen LogP contribution is -2.10. The summed E-state index contributed by atoms with van der Waals surface area (Å²) in [4.78, 5) is 2.40. The first-order valence-corrected chi connectivity index (χ1v) is 18.5. The summed E-state index contributed by atoms with van der Waals surface area (Å²) >= 11 is 3.78. The number of anilines is 3. The maximum atomic E-state index is 6.43. The maximum Gasteiger partial charge on any atom is 0.137 e. The Morgan fingerprint density at radius 3 is 2.02 bits per heavy atom. The summed E-state index contributed by atoms with van der Waals surface area (Å²) in [7, 11) is 0. The molecule has 0 saturated carbocycles. The van der Waals surface area contributed by atoms with E-state index in [0.29, 0.717) is 0 Å². The SMILES string of the molecule is c1ccc2c(-c3ccc(N(c4ccc5c(c4)oc4ccccc45)c4cccc5c4sc4c5ccc5sc6ccccc6c54)cc3)cccc2c1. The molecule has 3 heterocycles. The topological polar surface area (TPSA) is 16.4 Å². The number of rotatable bonds is 4. The van der Waals surface area contributed by atoms with Crippen molar-refractivity contribution in [2.45, 2.75) is 0 Å². The molecule has 0 bridgehead atoms. The lowest BCUT2D eigenvalue weighted by molar-refractivity contribution is 0.669. The number of benzene rings is 8. The molecule has 2 nitrogen and oxygen atoms in total. The van der Waals surface area contributed by atoms with Gasteiger partial charge in [-0.15, -0.1) is 22.7 Å². The van der Waals surface area contributed by atoms with E-state index in [1.165, 1.54) is 62.2 Å². The van der Waals surface area contributed by atoms with E-state index in [1.807, 2.05) is 34.8 Å². The highest BCUT2D eigenvalue weighted by Gasteiger charge is 2.21. The van der Waals surface area contributed by atoms with Gasteiger partial charge in [0.2, 0.25) is 0 Å². The molecule has 0 N–H and O–H groups in total. The van der Waals surface area contributed by atoms with Gasteiger partial charge in [0.1, 0.15) is 11.2 Å². The first kappa shape index (κ1) is 28.0. The van der Waals surface area contributed by atoms with E-state index in [2.05, 4.69) is 157 Å². The van der Waals surface area contributed by atoms with Crippen molar-refractivity contribution in [3.05, 3.63) is 164 Å². The van der Waals surface area contributed by atoms with Gasteiger partial charge in [0.25, 0.3) is 0 Å². The van der Waals surface area contributed by atoms with Gasteiger partial charge in [-0.2, -0.15) is 0 Å². The molecular formula is C46H27NOS2. The van der Waals surface area contributed by atoms with E-state index in [-0.39, 0.29) is 0 Å². The van der Waals surface area contributed by atoms with Crippen LogP contribution in [0.25, 0.3) is 84.2 Å². The second kappa shape index (κ2) is 10.8. The Kier molecular flexibility index (Phi) is 6.03. The zero-order chi connectivity index (χ0) is 32.8. The Labute approximate surface area is 295 Å². The van der Waals surface area contributed by atoms with Crippen LogP contribution in [0, 0.1) is 0 Å². The van der Waals surface area contributed by atoms with Gasteiger partial charge in [0.15, 0.2) is 0 Å². The first-order valence-electron chi connectivity index (χ1n) is 16.8. The summed E-state index contributed by atoms with van der Waals surface area (Å²) in [5.41, 5.74) is 7.55. The molecule has 3 aromatic heterocycles. The van der Waals surface area contributed by atoms with Crippen LogP contribution in [0.15, 0.2) is 168 Å². The van der Waals surface area contributed by atoms with Gasteiger partial charge in [-0.3, -0.25) is 0 Å². The van der Waals surface area contributed by atoms with Gasteiger partial charge in [0.05, 0.1) is 10.4 Å². The minimum atomic E-state index is 0.885. The number of hydrogen-bond donors (Lipinski definition) is 0. The summed E-state index contributed by atoms with van der Waals surface area (Å²) < 4.78 is 11.7. The molecular weight excluding hydrogens is 647 g/mol. The Hall–Kier alpha value is -5.94. The fraction of sp³-hybridized carbons (Fsp3) is 0. The molecule has 0 unspecified atom stereocenters. The van der Waals surface area contributed by atoms with Crippen molar-refractivity contribution in [2.24, 2.45) is 0 Å². The van der Waals surface area contributed by atoms with Crippen molar-refractivity contribution < 1.29 is 4.42 Å². The quantitative estimate of drug-likeness (QED) is 0.185. The third-order valence-corrected chi connectivity index (χ3v) is 12.5. The predicted octanol–water partition coefficient (Wildman–Crippen LogP) is 14.6. The van der Waals surface area contributed by atoms with Gasteiger partial charge in [-0.25, -0.2) is 0 Å². The highest BCUT2D eigenvalue weighted by molar-refractivity contribution is 7.30. The molecule has 4 heteroatoms. The minimum absolute atomic E-state index is 0.885. The van der Waals surface area contributed by atoms with Crippen LogP contribution in [0.4, 0.5) is 17.1 Å². The molecule has 0 saturated heterocycles. The van der Waals surface area contributed by atoms with E-state index in [1.54, 1.807) is 0 Å². The number of para-hydroxylation sites is 1. The van der Waals surface area contributed by atoms with Crippen LogP contribution in [0.2, 0.25) is 0 Å². The summed E-state index contributed by atoms with van der Waals surface area (Å²) in [6.45, 7) is 0. The van der Waals surface area contributed by atoms with Crippen molar-refractivity contribution >= 4 is 113 Å². The summed E-state index contributed by atoms with van der Waals surface area (Å²) in [6.07, 6.45) is 0. The standard InChI is InChI=1S/C46H27NOS2/c1-2-11-32-28(9-1)10-7-14-33(32)29-19-21-30(22-20-29)47(31-23-24-35-34-12-3-5-17-40(34)48-41(35)27-31)39-16-8-15-36-37-25-26-43-44(46(37)50-45(36)39)38-13-4-6-18-42(38)49-43/h1-27H. The molecule has 0 radical (unpaired) electrons. The number of hydrogen-bond acceptors (Lipinski definition) is 4. The highest BCUT2D eigenvalue weighted by Crippen LogP contribution is 2.49. The summed E-state index contributed by atoms with van der Waals surface area (Å²) in [5, 5.41) is 10.1. The average molecular weight is 674 g/mol. The van der Waals surface area contributed by atoms with Crippen LogP contribution >= 0.6 is 22.7 Å². The molecule has 0 aliphatic heterocycles. The second-order valence-corrected chi connectivity index (χ2v) is 15.0. The molecule has 0 spiro atoms. The molecule has 0 aliphatic rings. The van der Waals surface area contributed by atoms with E-state index >= 15 is 0 Å². The average Bonchev–Trinajstić information content (AvgIpc) is 3.86. The smallest absolute Gasteiger partial charge is 0.137 e. The van der Waals surface area contributed by atoms with Crippen molar-refractivity contribution in [3.63, 3.8) is 0 Å². The Balaban J connectivity index is 1.15. The minimum Gasteiger partial charge on any atom is -0.456 e. The Morgan fingerprint density at radius 2 is 1.10 bits per heavy atom. The van der Waals surface area contributed by atoms with Crippen LogP contribution in [0.1, 0.15) is 0 Å². The molecule has 0 fully saturated rings. The second-order valence-electron chi connectivity index (χ2n) is 12.9. The van der Waals surface area contributed by atoms with Crippen molar-refractivity contribution in [3.8, 4) is 11.1 Å². The Bertz CT molecular complexity index is 3100. The van der Waals surface area contributed by atoms with Crippen LogP contribution < -0.4 is 4.90 Å². The number of thiophene rings is 2. The van der Waals surface area contributed by atoms with Gasteiger partial charge in [0, 0.05) is 63.9 Å². The van der Waals surface area contributed by atoms with Gasteiger partial charge >= 0.3 is 0 Å². The fourth-order valence-electron chi connectivity index (χ4n) is 7.77. The van der Waals surface area contributed by atoms with Crippen LogP contribution in [0.3, 0.4) is 0 Å². The summed E-state index contributed by atoms with van der Waals surface area (Å²) in [6, 6.07) is 59.3. The molecule has 0 amide bonds. The largest absolute Gasteiger partial charge is 0.456 e. The molecule has 234 valence electrons. The molecule has 0 aliphatic carbocycles. The van der Waals surface area contributed by atoms with Gasteiger partial charge in [-0.05, 0) is 70.4 Å². The van der Waals surface area contributed by atoms with Gasteiger partial charge in [-0.1, -0.05) is 109 Å². The predicted molar refractivity (Wildman–Crippen MR) is 217 cm³/mol. The number of furan rings is 1. The lowest BCUT2D eigenvalue weighted by Gasteiger charge is -2.26. The normalized spacial score (nSPS) is 12.0. The fourth-order valence-corrected chi connectivity index (χ4v) is 10.3. The van der Waals surface area contributed by atoms with Crippen molar-refractivity contribution in [1.82, 2.24) is 0 Å². The molecule has 50 heavy (non-hydrogen) atoms. The van der Waals surface area contributed by atoms with E-state index in [0.717, 1.165) is 39.0 Å². The van der Waals surface area contributed by atoms with E-state index < -0.39 is 0 Å². The van der Waals surface area contributed by atoms with Crippen molar-refractivity contribution in [2.75, 3.05) is 4.90 Å². The number of fused-ring (bicyclic) bond motifs is 11. The van der Waals surface area contributed by atoms with E-state index in [9.17, 15) is 0 Å². The van der Waals surface area contributed by atoms with Gasteiger partial charge < -0.3 is 9.32 Å².